The fourth-order valence-corrected chi connectivity index (χ4v) is 4.12. The number of rotatable bonds is 7. The van der Waals surface area contributed by atoms with Crippen molar-refractivity contribution in [2.75, 3.05) is 60.0 Å². The molecular weight excluding hydrogens is 358 g/mol. The zero-order valence-electron chi connectivity index (χ0n) is 17.8. The monoisotopic (exact) mass is 393 g/mol. The maximum absolute atomic E-state index is 13.0. The number of carbonyl (C=O) groups is 1. The van der Waals surface area contributed by atoms with Crippen LogP contribution in [-0.2, 0) is 21.6 Å². The molecule has 1 aromatic heterocycles. The van der Waals surface area contributed by atoms with Gasteiger partial charge in [-0.2, -0.15) is 0 Å². The number of amides is 1. The lowest BCUT2D eigenvalue weighted by atomic mass is 9.86. The largest absolute Gasteiger partial charge is 0.379 e. The van der Waals surface area contributed by atoms with Crippen LogP contribution < -0.4 is 0 Å². The number of likely N-dealkylation sites (N-methyl/N-ethyl adjacent to an activating group) is 1. The highest BCUT2D eigenvalue weighted by atomic mass is 16.5. The molecule has 0 aromatic carbocycles. The number of hydrogen-bond donors (Lipinski definition) is 0. The number of hydrogen-bond acceptors (Lipinski definition) is 7. The summed E-state index contributed by atoms with van der Waals surface area (Å²) >= 11 is 0. The molecule has 1 atom stereocenters. The molecule has 0 radical (unpaired) electrons. The van der Waals surface area contributed by atoms with Crippen LogP contribution in [0.5, 0.6) is 0 Å². The number of carbonyl (C=O) groups excluding carboxylic acids is 1. The summed E-state index contributed by atoms with van der Waals surface area (Å²) in [6, 6.07) is 0. The number of aromatic nitrogens is 4. The van der Waals surface area contributed by atoms with Gasteiger partial charge in [-0.25, -0.2) is 4.68 Å². The zero-order valence-corrected chi connectivity index (χ0v) is 17.8. The Balaban J connectivity index is 1.75. The smallest absolute Gasteiger partial charge is 0.236 e. The number of morpholine rings is 1. The van der Waals surface area contributed by atoms with Gasteiger partial charge in [0.15, 0.2) is 5.82 Å². The molecule has 28 heavy (non-hydrogen) atoms. The lowest BCUT2D eigenvalue weighted by molar-refractivity contribution is -0.137. The molecule has 2 aliphatic heterocycles. The van der Waals surface area contributed by atoms with Crippen molar-refractivity contribution in [1.29, 1.82) is 0 Å². The number of aryl methyl sites for hydroxylation is 1. The summed E-state index contributed by atoms with van der Waals surface area (Å²) in [6.07, 6.45) is 2.93. The van der Waals surface area contributed by atoms with Crippen LogP contribution in [0.2, 0.25) is 0 Å². The SMILES string of the molecule is CC(C)CCn1nnnc1C1(N(C)C)CCCN(C(=O)CN2CCOCC2)C1. The Kier molecular flexibility index (Phi) is 7.00. The summed E-state index contributed by atoms with van der Waals surface area (Å²) in [7, 11) is 4.13. The molecule has 2 aliphatic rings. The summed E-state index contributed by atoms with van der Waals surface area (Å²) in [5.41, 5.74) is -0.348. The van der Waals surface area contributed by atoms with Gasteiger partial charge in [-0.05, 0) is 49.7 Å². The van der Waals surface area contributed by atoms with Gasteiger partial charge < -0.3 is 9.64 Å². The number of piperidine rings is 1. The fraction of sp³-hybridized carbons (Fsp3) is 0.895. The van der Waals surface area contributed by atoms with Crippen molar-refractivity contribution in [3.8, 4) is 0 Å². The maximum Gasteiger partial charge on any atom is 0.236 e. The molecule has 3 rings (SSSR count). The highest BCUT2D eigenvalue weighted by Gasteiger charge is 2.44. The van der Waals surface area contributed by atoms with Crippen molar-refractivity contribution in [3.63, 3.8) is 0 Å². The molecule has 1 aromatic rings. The minimum atomic E-state index is -0.348. The van der Waals surface area contributed by atoms with Crippen molar-refractivity contribution in [2.45, 2.75) is 45.2 Å². The van der Waals surface area contributed by atoms with Crippen LogP contribution in [-0.4, -0.2) is 101 Å². The number of ether oxygens (including phenoxy) is 1. The second-order valence-corrected chi connectivity index (χ2v) is 8.64. The van der Waals surface area contributed by atoms with Gasteiger partial charge in [-0.1, -0.05) is 13.8 Å². The van der Waals surface area contributed by atoms with Gasteiger partial charge in [0.05, 0.1) is 19.8 Å². The number of likely N-dealkylation sites (tertiary alicyclic amines) is 1. The molecule has 2 saturated heterocycles. The Hall–Kier alpha value is -1.58. The summed E-state index contributed by atoms with van der Waals surface area (Å²) in [4.78, 5) is 19.4. The molecule has 0 spiro atoms. The van der Waals surface area contributed by atoms with Crippen molar-refractivity contribution < 1.29 is 9.53 Å². The molecule has 158 valence electrons. The van der Waals surface area contributed by atoms with Gasteiger partial charge in [-0.3, -0.25) is 14.6 Å². The first kappa shape index (κ1) is 21.1. The van der Waals surface area contributed by atoms with E-state index in [1.54, 1.807) is 0 Å². The van der Waals surface area contributed by atoms with Crippen molar-refractivity contribution in [3.05, 3.63) is 5.82 Å². The van der Waals surface area contributed by atoms with Gasteiger partial charge in [0.25, 0.3) is 0 Å². The van der Waals surface area contributed by atoms with Crippen LogP contribution in [0.4, 0.5) is 0 Å². The first-order chi connectivity index (χ1) is 13.4. The average molecular weight is 394 g/mol. The molecule has 3 heterocycles. The van der Waals surface area contributed by atoms with E-state index in [0.29, 0.717) is 32.2 Å². The molecule has 0 saturated carbocycles. The zero-order chi connectivity index (χ0) is 20.1. The lowest BCUT2D eigenvalue weighted by Crippen LogP contribution is -2.58. The van der Waals surface area contributed by atoms with E-state index in [1.165, 1.54) is 0 Å². The number of tetrazole rings is 1. The molecule has 0 bridgehead atoms. The third-order valence-electron chi connectivity index (χ3n) is 6.01. The van der Waals surface area contributed by atoms with E-state index in [1.807, 2.05) is 9.58 Å². The fourth-order valence-electron chi connectivity index (χ4n) is 4.12. The Labute approximate surface area is 168 Å². The molecule has 1 amide bonds. The Morgan fingerprint density at radius 3 is 2.68 bits per heavy atom. The second kappa shape index (κ2) is 9.28. The van der Waals surface area contributed by atoms with Crippen LogP contribution in [0.25, 0.3) is 0 Å². The van der Waals surface area contributed by atoms with Gasteiger partial charge in [0.2, 0.25) is 5.91 Å². The van der Waals surface area contributed by atoms with Crippen LogP contribution in [0.1, 0.15) is 38.9 Å². The summed E-state index contributed by atoms with van der Waals surface area (Å²) in [6.45, 7) is 10.2. The van der Waals surface area contributed by atoms with Gasteiger partial charge in [0, 0.05) is 32.7 Å². The van der Waals surface area contributed by atoms with E-state index >= 15 is 0 Å². The van der Waals surface area contributed by atoms with E-state index < -0.39 is 0 Å². The summed E-state index contributed by atoms with van der Waals surface area (Å²) < 4.78 is 7.34. The predicted molar refractivity (Wildman–Crippen MR) is 106 cm³/mol. The van der Waals surface area contributed by atoms with Gasteiger partial charge in [0.1, 0.15) is 5.54 Å². The van der Waals surface area contributed by atoms with Crippen molar-refractivity contribution >= 4 is 5.91 Å². The van der Waals surface area contributed by atoms with E-state index in [0.717, 1.165) is 51.3 Å². The second-order valence-electron chi connectivity index (χ2n) is 8.64. The molecule has 0 aliphatic carbocycles. The summed E-state index contributed by atoms with van der Waals surface area (Å²) in [5.74, 6) is 1.65. The van der Waals surface area contributed by atoms with E-state index in [9.17, 15) is 4.79 Å². The van der Waals surface area contributed by atoms with Crippen LogP contribution in [0.15, 0.2) is 0 Å². The first-order valence-electron chi connectivity index (χ1n) is 10.4. The van der Waals surface area contributed by atoms with E-state index in [-0.39, 0.29) is 11.4 Å². The van der Waals surface area contributed by atoms with Crippen LogP contribution in [0.3, 0.4) is 0 Å². The Morgan fingerprint density at radius 2 is 2.00 bits per heavy atom. The van der Waals surface area contributed by atoms with E-state index in [2.05, 4.69) is 53.3 Å². The standard InChI is InChI=1S/C19H35N7O2/c1-16(2)6-9-26-18(20-21-22-26)19(23(3)4)7-5-8-25(15-19)17(27)14-24-10-12-28-13-11-24/h16H,5-15H2,1-4H3. The molecule has 1 unspecified atom stereocenters. The highest BCUT2D eigenvalue weighted by Crippen LogP contribution is 2.34. The first-order valence-corrected chi connectivity index (χ1v) is 10.4. The third-order valence-corrected chi connectivity index (χ3v) is 6.01. The summed E-state index contributed by atoms with van der Waals surface area (Å²) in [5, 5.41) is 12.7. The minimum Gasteiger partial charge on any atom is -0.379 e. The molecule has 0 N–H and O–H groups in total. The number of nitrogens with zero attached hydrogens (tertiary/aromatic N) is 7. The van der Waals surface area contributed by atoms with Crippen molar-refractivity contribution in [1.82, 2.24) is 34.9 Å². The van der Waals surface area contributed by atoms with Crippen LogP contribution in [0, 0.1) is 5.92 Å². The highest BCUT2D eigenvalue weighted by molar-refractivity contribution is 5.78. The Morgan fingerprint density at radius 1 is 1.25 bits per heavy atom. The molecule has 9 heteroatoms. The van der Waals surface area contributed by atoms with Gasteiger partial charge in [-0.15, -0.1) is 5.10 Å². The quantitative estimate of drug-likeness (QED) is 0.665. The molecule has 2 fully saturated rings. The lowest BCUT2D eigenvalue weighted by Gasteiger charge is -2.46. The van der Waals surface area contributed by atoms with Gasteiger partial charge >= 0.3 is 0 Å². The topological polar surface area (TPSA) is 79.6 Å². The van der Waals surface area contributed by atoms with E-state index in [4.69, 9.17) is 4.74 Å². The average Bonchev–Trinajstić information content (AvgIpc) is 3.16. The molecular formula is C19H35N7O2. The van der Waals surface area contributed by atoms with Crippen LogP contribution >= 0.6 is 0 Å². The predicted octanol–water partition coefficient (Wildman–Crippen LogP) is 0.431. The molecule has 9 nitrogen and oxygen atoms in total. The Bertz CT molecular complexity index is 642. The normalized spacial score (nSPS) is 24.3. The van der Waals surface area contributed by atoms with Crippen molar-refractivity contribution in [2.24, 2.45) is 5.92 Å². The third kappa shape index (κ3) is 4.69. The maximum atomic E-state index is 13.0. The minimum absolute atomic E-state index is 0.189.